The van der Waals surface area contributed by atoms with Crippen molar-refractivity contribution in [3.63, 3.8) is 0 Å². The summed E-state index contributed by atoms with van der Waals surface area (Å²) in [6.45, 7) is 8.16. The van der Waals surface area contributed by atoms with Crippen molar-refractivity contribution in [1.82, 2.24) is 15.5 Å². The summed E-state index contributed by atoms with van der Waals surface area (Å²) in [5, 5.41) is 6.69. The fourth-order valence-corrected chi connectivity index (χ4v) is 2.81. The maximum atomic E-state index is 11.6. The summed E-state index contributed by atoms with van der Waals surface area (Å²) >= 11 is 0. The number of hydrogen-bond donors (Lipinski definition) is 2. The summed E-state index contributed by atoms with van der Waals surface area (Å²) in [5.41, 5.74) is 1.12. The number of benzene rings is 1. The van der Waals surface area contributed by atoms with E-state index in [9.17, 15) is 4.79 Å². The van der Waals surface area contributed by atoms with Crippen LogP contribution in [0.25, 0.3) is 0 Å². The molecule has 0 radical (unpaired) electrons. The molecule has 1 heterocycles. The first-order valence-electron chi connectivity index (χ1n) is 9.00. The smallest absolute Gasteiger partial charge is 0.222 e. The molecule has 0 spiro atoms. The number of aliphatic imine (C=N–C) groups is 1. The molecule has 2 atom stereocenters. The summed E-state index contributed by atoms with van der Waals surface area (Å²) in [7, 11) is 1.85. The minimum absolute atomic E-state index is 0.0211. The second-order valence-electron chi connectivity index (χ2n) is 6.57. The van der Waals surface area contributed by atoms with Gasteiger partial charge in [0, 0.05) is 32.6 Å². The van der Waals surface area contributed by atoms with Crippen molar-refractivity contribution in [3.8, 4) is 5.75 Å². The number of likely N-dealkylation sites (tertiary alicyclic amines) is 1. The number of carbonyl (C=O) groups is 1. The number of hydrogen-bond acceptors (Lipinski definition) is 3. The number of piperidine rings is 1. The highest BCUT2D eigenvalue weighted by Crippen LogP contribution is 2.17. The zero-order valence-corrected chi connectivity index (χ0v) is 15.7. The summed E-state index contributed by atoms with van der Waals surface area (Å²) in [6.07, 6.45) is 1.40. The summed E-state index contributed by atoms with van der Waals surface area (Å²) < 4.78 is 5.98. The van der Waals surface area contributed by atoms with E-state index in [2.05, 4.69) is 15.6 Å². The predicted molar refractivity (Wildman–Crippen MR) is 101 cm³/mol. The summed E-state index contributed by atoms with van der Waals surface area (Å²) in [4.78, 5) is 18.0. The lowest BCUT2D eigenvalue weighted by Gasteiger charge is -2.31. The minimum Gasteiger partial charge on any atom is -0.489 e. The normalized spacial score (nSPS) is 19.5. The van der Waals surface area contributed by atoms with Gasteiger partial charge < -0.3 is 20.3 Å². The molecule has 6 nitrogen and oxygen atoms in total. The Bertz CT molecular complexity index is 603. The van der Waals surface area contributed by atoms with Gasteiger partial charge in [-0.25, -0.2) is 4.99 Å². The Balaban J connectivity index is 1.90. The van der Waals surface area contributed by atoms with Crippen molar-refractivity contribution in [3.05, 3.63) is 29.8 Å². The van der Waals surface area contributed by atoms with Crippen molar-refractivity contribution < 1.29 is 9.53 Å². The van der Waals surface area contributed by atoms with Crippen LogP contribution in [-0.4, -0.2) is 55.6 Å². The minimum atomic E-state index is -0.0211. The number of likely N-dealkylation sites (N-methyl/N-ethyl adjacent to an activating group) is 1. The molecule has 0 bridgehead atoms. The number of para-hydroxylation sites is 1. The fraction of sp³-hybridized carbons (Fsp3) is 0.579. The van der Waals surface area contributed by atoms with Crippen LogP contribution in [-0.2, 0) is 4.79 Å². The maximum absolute atomic E-state index is 11.6. The number of rotatable bonds is 6. The molecular weight excluding hydrogens is 316 g/mol. The van der Waals surface area contributed by atoms with Gasteiger partial charge in [0.25, 0.3) is 0 Å². The SMILES string of the molecule is CCNC(=NCC(C)Oc1ccccc1C)NC1CCC(=O)N(C)C1. The second kappa shape index (κ2) is 9.30. The topological polar surface area (TPSA) is 66.0 Å². The van der Waals surface area contributed by atoms with Crippen LogP contribution in [0.4, 0.5) is 0 Å². The predicted octanol–water partition coefficient (Wildman–Crippen LogP) is 1.94. The maximum Gasteiger partial charge on any atom is 0.222 e. The van der Waals surface area contributed by atoms with Crippen LogP contribution in [0.5, 0.6) is 5.75 Å². The Hall–Kier alpha value is -2.24. The van der Waals surface area contributed by atoms with Crippen LogP contribution < -0.4 is 15.4 Å². The first-order chi connectivity index (χ1) is 12.0. The van der Waals surface area contributed by atoms with Crippen molar-refractivity contribution in [2.75, 3.05) is 26.7 Å². The van der Waals surface area contributed by atoms with Gasteiger partial charge in [0.05, 0.1) is 6.54 Å². The quantitative estimate of drug-likeness (QED) is 0.610. The third-order valence-electron chi connectivity index (χ3n) is 4.24. The standard InChI is InChI=1S/C19H30N4O2/c1-5-20-19(22-16-10-11-18(24)23(4)13-16)21-12-15(3)25-17-9-7-6-8-14(17)2/h6-9,15-16H,5,10-13H2,1-4H3,(H2,20,21,22). The van der Waals surface area contributed by atoms with Crippen molar-refractivity contribution in [2.24, 2.45) is 4.99 Å². The summed E-state index contributed by atoms with van der Waals surface area (Å²) in [6, 6.07) is 8.23. The van der Waals surface area contributed by atoms with Crippen LogP contribution >= 0.6 is 0 Å². The lowest BCUT2D eigenvalue weighted by molar-refractivity contribution is -0.132. The molecule has 1 fully saturated rings. The van der Waals surface area contributed by atoms with Crippen molar-refractivity contribution in [1.29, 1.82) is 0 Å². The van der Waals surface area contributed by atoms with Gasteiger partial charge in [0.15, 0.2) is 5.96 Å². The lowest BCUT2D eigenvalue weighted by Crippen LogP contribution is -2.51. The molecule has 6 heteroatoms. The molecule has 1 aromatic carbocycles. The molecular formula is C19H30N4O2. The Morgan fingerprint density at radius 1 is 1.44 bits per heavy atom. The van der Waals surface area contributed by atoms with Crippen LogP contribution in [0, 0.1) is 6.92 Å². The molecule has 2 N–H and O–H groups in total. The van der Waals surface area contributed by atoms with E-state index in [4.69, 9.17) is 4.74 Å². The zero-order valence-electron chi connectivity index (χ0n) is 15.7. The molecule has 1 aliphatic rings. The number of nitrogens with one attached hydrogen (secondary N) is 2. The average molecular weight is 346 g/mol. The van der Waals surface area contributed by atoms with Gasteiger partial charge in [-0.05, 0) is 38.8 Å². The first-order valence-corrected chi connectivity index (χ1v) is 9.00. The number of aryl methyl sites for hydroxylation is 1. The Morgan fingerprint density at radius 3 is 2.88 bits per heavy atom. The van der Waals surface area contributed by atoms with E-state index in [-0.39, 0.29) is 18.1 Å². The van der Waals surface area contributed by atoms with E-state index in [1.807, 2.05) is 52.1 Å². The van der Waals surface area contributed by atoms with E-state index < -0.39 is 0 Å². The van der Waals surface area contributed by atoms with Gasteiger partial charge in [-0.3, -0.25) is 4.79 Å². The Kier molecular flexibility index (Phi) is 7.10. The third-order valence-corrected chi connectivity index (χ3v) is 4.24. The highest BCUT2D eigenvalue weighted by atomic mass is 16.5. The van der Waals surface area contributed by atoms with Crippen molar-refractivity contribution in [2.45, 2.75) is 45.8 Å². The second-order valence-corrected chi connectivity index (χ2v) is 6.57. The van der Waals surface area contributed by atoms with Gasteiger partial charge in [-0.15, -0.1) is 0 Å². The number of guanidine groups is 1. The van der Waals surface area contributed by atoms with Gasteiger partial charge in [0.1, 0.15) is 11.9 Å². The molecule has 1 aliphatic heterocycles. The van der Waals surface area contributed by atoms with Crippen molar-refractivity contribution >= 4 is 11.9 Å². The Labute approximate surface area is 150 Å². The number of nitrogens with zero attached hydrogens (tertiary/aromatic N) is 2. The number of amides is 1. The molecule has 1 amide bonds. The summed E-state index contributed by atoms with van der Waals surface area (Å²) in [5.74, 6) is 1.88. The lowest BCUT2D eigenvalue weighted by atomic mass is 10.1. The highest BCUT2D eigenvalue weighted by Gasteiger charge is 2.23. The van der Waals surface area contributed by atoms with E-state index in [0.29, 0.717) is 19.5 Å². The van der Waals surface area contributed by atoms with E-state index in [1.165, 1.54) is 0 Å². The van der Waals surface area contributed by atoms with E-state index in [1.54, 1.807) is 4.90 Å². The molecule has 0 saturated carbocycles. The third kappa shape index (κ3) is 5.96. The monoisotopic (exact) mass is 346 g/mol. The van der Waals surface area contributed by atoms with Gasteiger partial charge in [0.2, 0.25) is 5.91 Å². The fourth-order valence-electron chi connectivity index (χ4n) is 2.81. The molecule has 2 unspecified atom stereocenters. The Morgan fingerprint density at radius 2 is 2.20 bits per heavy atom. The molecule has 25 heavy (non-hydrogen) atoms. The molecule has 138 valence electrons. The van der Waals surface area contributed by atoms with Gasteiger partial charge in [-0.2, -0.15) is 0 Å². The van der Waals surface area contributed by atoms with Gasteiger partial charge >= 0.3 is 0 Å². The highest BCUT2D eigenvalue weighted by molar-refractivity contribution is 5.81. The van der Waals surface area contributed by atoms with Crippen LogP contribution in [0.2, 0.25) is 0 Å². The number of carbonyl (C=O) groups excluding carboxylic acids is 1. The average Bonchev–Trinajstić information content (AvgIpc) is 2.58. The molecule has 1 saturated heterocycles. The van der Waals surface area contributed by atoms with Crippen LogP contribution in [0.15, 0.2) is 29.3 Å². The van der Waals surface area contributed by atoms with Crippen LogP contribution in [0.3, 0.4) is 0 Å². The largest absolute Gasteiger partial charge is 0.489 e. The van der Waals surface area contributed by atoms with Gasteiger partial charge in [-0.1, -0.05) is 18.2 Å². The molecule has 0 aromatic heterocycles. The first kappa shape index (κ1) is 19.1. The zero-order chi connectivity index (χ0) is 18.2. The van der Waals surface area contributed by atoms with Crippen LogP contribution in [0.1, 0.15) is 32.3 Å². The van der Waals surface area contributed by atoms with E-state index >= 15 is 0 Å². The number of ether oxygens (including phenoxy) is 1. The molecule has 1 aromatic rings. The molecule has 2 rings (SSSR count). The molecule has 0 aliphatic carbocycles. The van der Waals surface area contributed by atoms with E-state index in [0.717, 1.165) is 30.2 Å².